The lowest BCUT2D eigenvalue weighted by Gasteiger charge is -2.23. The highest BCUT2D eigenvalue weighted by atomic mass is 32.1. The predicted octanol–water partition coefficient (Wildman–Crippen LogP) is 2.06. The summed E-state index contributed by atoms with van der Waals surface area (Å²) in [5, 5.41) is 9.07. The number of amides is 4. The van der Waals surface area contributed by atoms with Crippen LogP contribution in [0.15, 0.2) is 17.5 Å². The third kappa shape index (κ3) is 7.78. The predicted molar refractivity (Wildman–Crippen MR) is 102 cm³/mol. The first-order valence-corrected chi connectivity index (χ1v) is 9.46. The Balaban J connectivity index is 2.65. The van der Waals surface area contributed by atoms with Crippen molar-refractivity contribution in [2.75, 3.05) is 0 Å². The second-order valence-electron chi connectivity index (χ2n) is 7.44. The van der Waals surface area contributed by atoms with Crippen molar-refractivity contribution < 1.29 is 23.9 Å². The van der Waals surface area contributed by atoms with Crippen LogP contribution < -0.4 is 16.0 Å². The Kier molecular flexibility index (Phi) is 7.96. The van der Waals surface area contributed by atoms with Gasteiger partial charge in [-0.1, -0.05) is 19.9 Å². The molecule has 3 N–H and O–H groups in total. The van der Waals surface area contributed by atoms with Gasteiger partial charge in [0, 0.05) is 5.54 Å². The fourth-order valence-corrected chi connectivity index (χ4v) is 2.63. The van der Waals surface area contributed by atoms with E-state index in [1.54, 1.807) is 52.1 Å². The third-order valence-electron chi connectivity index (χ3n) is 3.34. The highest BCUT2D eigenvalue weighted by Gasteiger charge is 2.30. The summed E-state index contributed by atoms with van der Waals surface area (Å²) in [4.78, 5) is 48.8. The highest BCUT2D eigenvalue weighted by molar-refractivity contribution is 7.12. The normalized spacial score (nSPS) is 13.4. The van der Waals surface area contributed by atoms with Crippen LogP contribution in [0.5, 0.6) is 0 Å². The number of nitrogens with one attached hydrogen (secondary N) is 3. The van der Waals surface area contributed by atoms with Gasteiger partial charge >= 0.3 is 12.0 Å². The lowest BCUT2D eigenvalue weighted by Crippen LogP contribution is -2.52. The minimum absolute atomic E-state index is 0.249. The monoisotopic (exact) mass is 397 g/mol. The minimum Gasteiger partial charge on any atom is -0.451 e. The first-order valence-electron chi connectivity index (χ1n) is 8.58. The molecule has 0 spiro atoms. The Morgan fingerprint density at radius 1 is 1.11 bits per heavy atom. The van der Waals surface area contributed by atoms with E-state index in [0.717, 1.165) is 0 Å². The molecule has 0 aromatic carbocycles. The quantitative estimate of drug-likeness (QED) is 0.636. The molecule has 0 unspecified atom stereocenters. The van der Waals surface area contributed by atoms with Gasteiger partial charge in [0.2, 0.25) is 0 Å². The van der Waals surface area contributed by atoms with Crippen molar-refractivity contribution in [2.24, 2.45) is 5.92 Å². The summed E-state index contributed by atoms with van der Waals surface area (Å²) >= 11 is 1.25. The maximum atomic E-state index is 12.4. The number of esters is 1. The van der Waals surface area contributed by atoms with E-state index in [-0.39, 0.29) is 11.8 Å². The number of hydrogen-bond acceptors (Lipinski definition) is 6. The Bertz CT molecular complexity index is 680. The fraction of sp³-hybridized carbons (Fsp3) is 0.556. The Hall–Kier alpha value is -2.42. The van der Waals surface area contributed by atoms with Crippen LogP contribution in [0.4, 0.5) is 4.79 Å². The molecule has 1 heterocycles. The number of urea groups is 1. The van der Waals surface area contributed by atoms with Crippen molar-refractivity contribution in [2.45, 2.75) is 59.2 Å². The minimum atomic E-state index is -1.19. The van der Waals surface area contributed by atoms with Crippen LogP contribution in [0.2, 0.25) is 0 Å². The lowest BCUT2D eigenvalue weighted by molar-refractivity contribution is -0.157. The molecule has 0 saturated heterocycles. The van der Waals surface area contributed by atoms with E-state index >= 15 is 0 Å². The SMILES string of the molecule is CC(C)[C@@H](NC(=O)c1cccs1)C(=O)O[C@H](C)C(=O)NC(=O)NC(C)(C)C. The van der Waals surface area contributed by atoms with Gasteiger partial charge in [0.25, 0.3) is 11.8 Å². The summed E-state index contributed by atoms with van der Waals surface area (Å²) in [6.45, 7) is 10.2. The second-order valence-corrected chi connectivity index (χ2v) is 8.39. The summed E-state index contributed by atoms with van der Waals surface area (Å²) in [5.74, 6) is -2.13. The van der Waals surface area contributed by atoms with Crippen molar-refractivity contribution in [3.63, 3.8) is 0 Å². The van der Waals surface area contributed by atoms with Crippen molar-refractivity contribution in [3.05, 3.63) is 22.4 Å². The summed E-state index contributed by atoms with van der Waals surface area (Å²) < 4.78 is 5.14. The standard InChI is InChI=1S/C18H27N3O5S/c1-10(2)13(19-15(23)12-8-7-9-27-12)16(24)26-11(3)14(22)20-17(25)21-18(4,5)6/h7-11,13H,1-6H3,(H,19,23)(H2,20,21,22,25)/t11-,13-/m1/s1. The van der Waals surface area contributed by atoms with E-state index in [1.165, 1.54) is 18.3 Å². The molecule has 0 aliphatic heterocycles. The molecule has 1 aromatic heterocycles. The summed E-state index contributed by atoms with van der Waals surface area (Å²) in [6.07, 6.45) is -1.19. The van der Waals surface area contributed by atoms with Gasteiger partial charge in [0.05, 0.1) is 4.88 Å². The number of rotatable bonds is 6. The topological polar surface area (TPSA) is 114 Å². The number of ether oxygens (including phenoxy) is 1. The van der Waals surface area contributed by atoms with Crippen LogP contribution >= 0.6 is 11.3 Å². The number of thiophene rings is 1. The average molecular weight is 397 g/mol. The number of imide groups is 1. The molecule has 0 aliphatic carbocycles. The zero-order valence-corrected chi connectivity index (χ0v) is 17.2. The molecule has 9 heteroatoms. The maximum Gasteiger partial charge on any atom is 0.329 e. The molecule has 150 valence electrons. The van der Waals surface area contributed by atoms with E-state index in [2.05, 4.69) is 16.0 Å². The zero-order chi connectivity index (χ0) is 20.8. The Morgan fingerprint density at radius 2 is 1.74 bits per heavy atom. The molecule has 0 bridgehead atoms. The third-order valence-corrected chi connectivity index (χ3v) is 4.21. The molecular weight excluding hydrogens is 370 g/mol. The average Bonchev–Trinajstić information content (AvgIpc) is 3.04. The molecule has 8 nitrogen and oxygen atoms in total. The molecule has 0 saturated carbocycles. The molecule has 0 fully saturated rings. The molecule has 2 atom stereocenters. The molecule has 1 aromatic rings. The van der Waals surface area contributed by atoms with Gasteiger partial charge < -0.3 is 15.4 Å². The van der Waals surface area contributed by atoms with Crippen molar-refractivity contribution in [1.82, 2.24) is 16.0 Å². The van der Waals surface area contributed by atoms with E-state index < -0.39 is 35.6 Å². The maximum absolute atomic E-state index is 12.4. The Morgan fingerprint density at radius 3 is 2.22 bits per heavy atom. The number of carbonyl (C=O) groups is 4. The molecular formula is C18H27N3O5S. The molecule has 1 rings (SSSR count). The van der Waals surface area contributed by atoms with E-state index in [9.17, 15) is 19.2 Å². The van der Waals surface area contributed by atoms with Gasteiger partial charge in [-0.2, -0.15) is 0 Å². The number of hydrogen-bond donors (Lipinski definition) is 3. The first-order chi connectivity index (χ1) is 12.4. The largest absolute Gasteiger partial charge is 0.451 e. The fourth-order valence-electron chi connectivity index (χ4n) is 2.00. The van der Waals surface area contributed by atoms with Crippen molar-refractivity contribution in [1.29, 1.82) is 0 Å². The molecule has 0 aliphatic rings. The van der Waals surface area contributed by atoms with Gasteiger partial charge in [-0.05, 0) is 45.1 Å². The number of carbonyl (C=O) groups excluding carboxylic acids is 4. The van der Waals surface area contributed by atoms with Gasteiger partial charge in [0.1, 0.15) is 6.04 Å². The molecule has 4 amide bonds. The van der Waals surface area contributed by atoms with Crippen LogP contribution in [0.25, 0.3) is 0 Å². The smallest absolute Gasteiger partial charge is 0.329 e. The van der Waals surface area contributed by atoms with Crippen LogP contribution in [0, 0.1) is 5.92 Å². The second kappa shape index (κ2) is 9.50. The Labute approximate surface area is 163 Å². The van der Waals surface area contributed by atoms with E-state index in [0.29, 0.717) is 4.88 Å². The van der Waals surface area contributed by atoms with E-state index in [4.69, 9.17) is 4.74 Å². The van der Waals surface area contributed by atoms with Crippen molar-refractivity contribution >= 4 is 35.2 Å². The van der Waals surface area contributed by atoms with Crippen LogP contribution in [0.3, 0.4) is 0 Å². The van der Waals surface area contributed by atoms with Crippen LogP contribution in [-0.2, 0) is 14.3 Å². The lowest BCUT2D eigenvalue weighted by atomic mass is 10.0. The van der Waals surface area contributed by atoms with Crippen LogP contribution in [0.1, 0.15) is 51.2 Å². The van der Waals surface area contributed by atoms with Gasteiger partial charge in [-0.25, -0.2) is 9.59 Å². The van der Waals surface area contributed by atoms with Gasteiger partial charge in [-0.3, -0.25) is 14.9 Å². The summed E-state index contributed by atoms with van der Waals surface area (Å²) in [7, 11) is 0. The molecule has 27 heavy (non-hydrogen) atoms. The first kappa shape index (κ1) is 22.6. The zero-order valence-electron chi connectivity index (χ0n) is 16.4. The van der Waals surface area contributed by atoms with Gasteiger partial charge in [-0.15, -0.1) is 11.3 Å². The highest BCUT2D eigenvalue weighted by Crippen LogP contribution is 2.11. The molecule has 0 radical (unpaired) electrons. The van der Waals surface area contributed by atoms with Crippen LogP contribution in [-0.4, -0.2) is 41.5 Å². The van der Waals surface area contributed by atoms with E-state index in [1.807, 2.05) is 0 Å². The van der Waals surface area contributed by atoms with Crippen molar-refractivity contribution in [3.8, 4) is 0 Å². The van der Waals surface area contributed by atoms with Gasteiger partial charge in [0.15, 0.2) is 6.10 Å². The summed E-state index contributed by atoms with van der Waals surface area (Å²) in [5.41, 5.74) is -0.515. The summed E-state index contributed by atoms with van der Waals surface area (Å²) in [6, 6.07) is 1.78.